The van der Waals surface area contributed by atoms with Crippen molar-refractivity contribution in [3.8, 4) is 5.75 Å². The lowest BCUT2D eigenvalue weighted by molar-refractivity contribution is -0.156. The molecule has 3 aromatic rings. The Labute approximate surface area is 240 Å². The van der Waals surface area contributed by atoms with E-state index in [1.807, 2.05) is 18.2 Å². The molecule has 0 unspecified atom stereocenters. The van der Waals surface area contributed by atoms with Crippen molar-refractivity contribution >= 4 is 23.8 Å². The predicted molar refractivity (Wildman–Crippen MR) is 146 cm³/mol. The molecule has 0 atom stereocenters. The Bertz CT molecular complexity index is 1420. The maximum absolute atomic E-state index is 13.3. The van der Waals surface area contributed by atoms with E-state index in [4.69, 9.17) is 4.74 Å². The van der Waals surface area contributed by atoms with Crippen LogP contribution in [-0.4, -0.2) is 83.6 Å². The van der Waals surface area contributed by atoms with Crippen LogP contribution >= 0.6 is 0 Å². The molecule has 1 fully saturated rings. The molecule has 224 valence electrons. The monoisotopic (exact) mass is 587 g/mol. The molecule has 2 aliphatic heterocycles. The molecule has 5 rings (SSSR count). The minimum Gasteiger partial charge on any atom is -0.497 e. The number of aromatic nitrogens is 3. The third kappa shape index (κ3) is 6.32. The zero-order valence-corrected chi connectivity index (χ0v) is 23.4. The standard InChI is InChI=1S/C28H32F3N7O4/c1-36(9-5-18-13-20(41-2)3-4-22(18)34-17-39)19-6-10-37(11-7-19)25-14-24(32-16-33-25)27(40)38-12-8-23-21(15-38)26(42-35-23)28(29,30)31/h3-4,13-14,16-17,19H,5-12,15H2,1-2H3,(H,34,39). The summed E-state index contributed by atoms with van der Waals surface area (Å²) in [4.78, 5) is 38.4. The number of alkyl halides is 3. The van der Waals surface area contributed by atoms with Crippen LogP contribution in [0.1, 0.15) is 45.9 Å². The summed E-state index contributed by atoms with van der Waals surface area (Å²) in [5, 5.41) is 6.29. The number of nitrogens with zero attached hydrogens (tertiary/aromatic N) is 6. The highest BCUT2D eigenvalue weighted by molar-refractivity contribution is 5.93. The van der Waals surface area contributed by atoms with Crippen molar-refractivity contribution in [2.24, 2.45) is 0 Å². The first-order valence-electron chi connectivity index (χ1n) is 13.7. The molecule has 14 heteroatoms. The third-order valence-corrected chi connectivity index (χ3v) is 7.93. The lowest BCUT2D eigenvalue weighted by Crippen LogP contribution is -2.44. The number of ether oxygens (including phenoxy) is 1. The maximum atomic E-state index is 13.3. The van der Waals surface area contributed by atoms with E-state index in [0.29, 0.717) is 18.3 Å². The van der Waals surface area contributed by atoms with Gasteiger partial charge in [0.15, 0.2) is 0 Å². The van der Waals surface area contributed by atoms with Gasteiger partial charge >= 0.3 is 6.18 Å². The van der Waals surface area contributed by atoms with Gasteiger partial charge in [-0.15, -0.1) is 0 Å². The fourth-order valence-corrected chi connectivity index (χ4v) is 5.53. The highest BCUT2D eigenvalue weighted by Crippen LogP contribution is 2.36. The summed E-state index contributed by atoms with van der Waals surface area (Å²) in [5.74, 6) is -0.286. The number of carbonyl (C=O) groups is 2. The topological polar surface area (TPSA) is 117 Å². The van der Waals surface area contributed by atoms with Crippen molar-refractivity contribution in [2.75, 3.05) is 50.6 Å². The second kappa shape index (κ2) is 12.3. The van der Waals surface area contributed by atoms with Crippen LogP contribution in [0.2, 0.25) is 0 Å². The van der Waals surface area contributed by atoms with Crippen LogP contribution in [0.25, 0.3) is 0 Å². The lowest BCUT2D eigenvalue weighted by atomic mass is 10.0. The van der Waals surface area contributed by atoms with Gasteiger partial charge in [-0.2, -0.15) is 13.2 Å². The lowest BCUT2D eigenvalue weighted by Gasteiger charge is -2.37. The van der Waals surface area contributed by atoms with E-state index in [9.17, 15) is 22.8 Å². The molecule has 0 aliphatic carbocycles. The normalized spacial score (nSPS) is 16.0. The van der Waals surface area contributed by atoms with Crippen molar-refractivity contribution in [3.05, 3.63) is 58.9 Å². The number of methoxy groups -OCH3 is 1. The van der Waals surface area contributed by atoms with Crippen molar-refractivity contribution in [3.63, 3.8) is 0 Å². The van der Waals surface area contributed by atoms with Crippen LogP contribution in [0, 0.1) is 0 Å². The van der Waals surface area contributed by atoms with Crippen molar-refractivity contribution in [1.29, 1.82) is 0 Å². The maximum Gasteiger partial charge on any atom is 0.452 e. The Morgan fingerprint density at radius 1 is 1.21 bits per heavy atom. The number of rotatable bonds is 9. The molecule has 1 aromatic carbocycles. The van der Waals surface area contributed by atoms with Crippen LogP contribution in [0.3, 0.4) is 0 Å². The first kappa shape index (κ1) is 29.3. The van der Waals surface area contributed by atoms with Gasteiger partial charge in [0.25, 0.3) is 5.91 Å². The molecule has 0 spiro atoms. The molecule has 1 saturated heterocycles. The van der Waals surface area contributed by atoms with E-state index < -0.39 is 17.8 Å². The van der Waals surface area contributed by atoms with Gasteiger partial charge in [0.05, 0.1) is 19.3 Å². The molecule has 0 bridgehead atoms. The van der Waals surface area contributed by atoms with Gasteiger partial charge in [0.2, 0.25) is 12.2 Å². The average molecular weight is 588 g/mol. The first-order chi connectivity index (χ1) is 20.2. The second-order valence-corrected chi connectivity index (χ2v) is 10.4. The Hall–Kier alpha value is -4.20. The smallest absolute Gasteiger partial charge is 0.452 e. The molecule has 2 aliphatic rings. The SMILES string of the molecule is COc1ccc(NC=O)c(CCN(C)C2CCN(c3cc(C(=O)N4CCc5noc(C(F)(F)F)c5C4)ncn3)CC2)c1. The van der Waals surface area contributed by atoms with E-state index >= 15 is 0 Å². The molecule has 0 saturated carbocycles. The minimum atomic E-state index is -4.68. The summed E-state index contributed by atoms with van der Waals surface area (Å²) in [6, 6.07) is 7.51. The number of halogens is 3. The minimum absolute atomic E-state index is 0.106. The van der Waals surface area contributed by atoms with Gasteiger partial charge < -0.3 is 29.3 Å². The molecular formula is C28H32F3N7O4. The zero-order valence-electron chi connectivity index (χ0n) is 23.4. The van der Waals surface area contributed by atoms with E-state index in [-0.39, 0.29) is 36.5 Å². The Morgan fingerprint density at radius 2 is 2.00 bits per heavy atom. The van der Waals surface area contributed by atoms with Gasteiger partial charge in [0.1, 0.15) is 23.6 Å². The van der Waals surface area contributed by atoms with Gasteiger partial charge in [-0.25, -0.2) is 9.97 Å². The summed E-state index contributed by atoms with van der Waals surface area (Å²) < 4.78 is 49.8. The summed E-state index contributed by atoms with van der Waals surface area (Å²) in [7, 11) is 3.69. The van der Waals surface area contributed by atoms with E-state index in [1.54, 1.807) is 13.2 Å². The van der Waals surface area contributed by atoms with Crippen LogP contribution in [-0.2, 0) is 30.4 Å². The van der Waals surface area contributed by atoms with Crippen LogP contribution < -0.4 is 15.0 Å². The van der Waals surface area contributed by atoms with E-state index in [1.165, 1.54) is 11.2 Å². The molecule has 1 N–H and O–H groups in total. The number of piperidine rings is 1. The quantitative estimate of drug-likeness (QED) is 0.376. The molecule has 2 aromatic heterocycles. The fourth-order valence-electron chi connectivity index (χ4n) is 5.53. The first-order valence-corrected chi connectivity index (χ1v) is 13.7. The number of hydrogen-bond donors (Lipinski definition) is 1. The Balaban J connectivity index is 1.17. The number of likely N-dealkylation sites (N-methyl/N-ethyl adjacent to an activating group) is 1. The molecule has 0 radical (unpaired) electrons. The van der Waals surface area contributed by atoms with Crippen molar-refractivity contribution in [1.82, 2.24) is 24.9 Å². The summed E-state index contributed by atoms with van der Waals surface area (Å²) in [6.07, 6.45) is -0.0326. The number of benzene rings is 1. The number of anilines is 2. The van der Waals surface area contributed by atoms with Crippen molar-refractivity contribution in [2.45, 2.75) is 44.4 Å². The van der Waals surface area contributed by atoms with Gasteiger partial charge in [-0.1, -0.05) is 5.16 Å². The average Bonchev–Trinajstić information content (AvgIpc) is 3.44. The van der Waals surface area contributed by atoms with Crippen molar-refractivity contribution < 1.29 is 32.0 Å². The van der Waals surface area contributed by atoms with E-state index in [2.05, 4.69) is 41.8 Å². The number of hydrogen-bond acceptors (Lipinski definition) is 9. The number of amides is 2. The Kier molecular flexibility index (Phi) is 8.61. The van der Waals surface area contributed by atoms with Gasteiger partial charge in [-0.05, 0) is 50.1 Å². The molecular weight excluding hydrogens is 555 g/mol. The highest BCUT2D eigenvalue weighted by Gasteiger charge is 2.42. The number of nitrogens with one attached hydrogen (secondary N) is 1. The van der Waals surface area contributed by atoms with Crippen LogP contribution in [0.4, 0.5) is 24.7 Å². The Morgan fingerprint density at radius 3 is 2.71 bits per heavy atom. The van der Waals surface area contributed by atoms with Gasteiger partial charge in [-0.3, -0.25) is 9.59 Å². The summed E-state index contributed by atoms with van der Waals surface area (Å²) in [5.41, 5.74) is 2.00. The number of fused-ring (bicyclic) bond motifs is 1. The number of carbonyl (C=O) groups excluding carboxylic acids is 2. The predicted octanol–water partition coefficient (Wildman–Crippen LogP) is 3.40. The molecule has 42 heavy (non-hydrogen) atoms. The fraction of sp³-hybridized carbons (Fsp3) is 0.464. The van der Waals surface area contributed by atoms with Crippen LogP contribution in [0.15, 0.2) is 35.1 Å². The summed E-state index contributed by atoms with van der Waals surface area (Å²) in [6.45, 7) is 2.21. The zero-order chi connectivity index (χ0) is 29.9. The largest absolute Gasteiger partial charge is 0.497 e. The second-order valence-electron chi connectivity index (χ2n) is 10.4. The molecule has 11 nitrogen and oxygen atoms in total. The third-order valence-electron chi connectivity index (χ3n) is 7.93. The summed E-state index contributed by atoms with van der Waals surface area (Å²) >= 11 is 0. The van der Waals surface area contributed by atoms with Gasteiger partial charge in [0, 0.05) is 56.0 Å². The van der Waals surface area contributed by atoms with E-state index in [0.717, 1.165) is 55.9 Å². The van der Waals surface area contributed by atoms with Crippen LogP contribution in [0.5, 0.6) is 5.75 Å². The molecule has 2 amide bonds. The molecule has 4 heterocycles. The highest BCUT2D eigenvalue weighted by atomic mass is 19.4.